The van der Waals surface area contributed by atoms with Gasteiger partial charge in [0.1, 0.15) is 5.54 Å². The highest BCUT2D eigenvalue weighted by Gasteiger charge is 2.67. The van der Waals surface area contributed by atoms with Gasteiger partial charge < -0.3 is 20.1 Å². The average molecular weight is 516 g/mol. The van der Waals surface area contributed by atoms with E-state index in [9.17, 15) is 32.3 Å². The van der Waals surface area contributed by atoms with Crippen LogP contribution >= 0.6 is 0 Å². The zero-order valence-electron chi connectivity index (χ0n) is 20.0. The Morgan fingerprint density at radius 3 is 2.22 bits per heavy atom. The monoisotopic (exact) mass is 516 g/mol. The summed E-state index contributed by atoms with van der Waals surface area (Å²) >= 11 is 0. The third kappa shape index (κ3) is 5.58. The van der Waals surface area contributed by atoms with Crippen LogP contribution in [0.3, 0.4) is 0 Å². The number of fused-ring (bicyclic) bond motifs is 1. The molecule has 1 aromatic rings. The molecule has 2 aliphatic rings. The lowest BCUT2D eigenvalue weighted by Gasteiger charge is -2.31. The van der Waals surface area contributed by atoms with Gasteiger partial charge in [0, 0.05) is 32.4 Å². The molecule has 0 aliphatic carbocycles. The molecule has 14 heteroatoms. The molecule has 1 aromatic carbocycles. The van der Waals surface area contributed by atoms with Crippen molar-refractivity contribution in [2.45, 2.75) is 31.1 Å². The Kier molecular flexibility index (Phi) is 8.67. The van der Waals surface area contributed by atoms with Crippen LogP contribution in [0, 0.1) is 11.8 Å². The van der Waals surface area contributed by atoms with E-state index < -0.39 is 47.4 Å². The lowest BCUT2D eigenvalue weighted by atomic mass is 9.78. The fourth-order valence-corrected chi connectivity index (χ4v) is 4.38. The molecule has 3 N–H and O–H groups in total. The van der Waals surface area contributed by atoms with E-state index in [4.69, 9.17) is 14.6 Å². The molecule has 2 fully saturated rings. The van der Waals surface area contributed by atoms with Gasteiger partial charge in [-0.15, -0.1) is 0 Å². The van der Waals surface area contributed by atoms with Crippen molar-refractivity contribution in [2.75, 3.05) is 33.1 Å². The second kappa shape index (κ2) is 10.9. The van der Waals surface area contributed by atoms with Crippen LogP contribution in [0.5, 0.6) is 0 Å². The molecule has 2 heterocycles. The summed E-state index contributed by atoms with van der Waals surface area (Å²) in [7, 11) is 4.28. The summed E-state index contributed by atoms with van der Waals surface area (Å²) in [6.07, 6.45) is -4.80. The number of carboxylic acids is 1. The van der Waals surface area contributed by atoms with Crippen molar-refractivity contribution in [1.29, 1.82) is 0 Å². The number of halogens is 3. The third-order valence-corrected chi connectivity index (χ3v) is 6.17. The Morgan fingerprint density at radius 1 is 1.19 bits per heavy atom. The lowest BCUT2D eigenvalue weighted by Crippen LogP contribution is -2.58. The van der Waals surface area contributed by atoms with E-state index in [1.54, 1.807) is 26.1 Å². The molecule has 0 saturated carbocycles. The van der Waals surface area contributed by atoms with Gasteiger partial charge in [0.05, 0.1) is 18.9 Å². The molecule has 0 unspecified atom stereocenters. The first-order valence-electron chi connectivity index (χ1n) is 10.8. The minimum absolute atomic E-state index is 0.144. The fourth-order valence-electron chi connectivity index (χ4n) is 4.38. The minimum Gasteiger partial charge on any atom is -0.475 e. The number of aliphatic carboxylic acids is 1. The van der Waals surface area contributed by atoms with E-state index in [1.165, 1.54) is 19.1 Å². The van der Waals surface area contributed by atoms with Gasteiger partial charge in [-0.2, -0.15) is 13.2 Å². The number of amides is 4. The molecule has 3 rings (SSSR count). The summed E-state index contributed by atoms with van der Waals surface area (Å²) in [5.74, 6) is -5.68. The first-order valence-corrected chi connectivity index (χ1v) is 10.8. The van der Waals surface area contributed by atoms with Gasteiger partial charge in [0.2, 0.25) is 11.8 Å². The van der Waals surface area contributed by atoms with Crippen molar-refractivity contribution in [1.82, 2.24) is 15.1 Å². The van der Waals surface area contributed by atoms with E-state index >= 15 is 0 Å². The zero-order chi connectivity index (χ0) is 27.4. The molecule has 2 aliphatic heterocycles. The average Bonchev–Trinajstić information content (AvgIpc) is 3.28. The number of nitrogens with zero attached hydrogens (tertiary/aromatic N) is 2. The molecule has 36 heavy (non-hydrogen) atoms. The molecule has 0 aromatic heterocycles. The number of carboxylic acid groups (broad SMARTS) is 1. The number of urea groups is 1. The van der Waals surface area contributed by atoms with Crippen LogP contribution in [0.2, 0.25) is 0 Å². The minimum atomic E-state index is -5.08. The van der Waals surface area contributed by atoms with Gasteiger partial charge in [0.15, 0.2) is 0 Å². The number of likely N-dealkylation sites (tertiary alicyclic amines) is 1. The van der Waals surface area contributed by atoms with E-state index in [2.05, 4.69) is 10.6 Å². The first kappa shape index (κ1) is 28.6. The number of ether oxygens (including phenoxy) is 1. The number of hydrogen-bond donors (Lipinski definition) is 3. The molecule has 2 saturated heterocycles. The highest BCUT2D eigenvalue weighted by molar-refractivity contribution is 6.09. The second-order valence-electron chi connectivity index (χ2n) is 8.29. The van der Waals surface area contributed by atoms with Crippen LogP contribution in [0.4, 0.5) is 23.7 Å². The van der Waals surface area contributed by atoms with Gasteiger partial charge in [0.25, 0.3) is 0 Å². The van der Waals surface area contributed by atoms with Gasteiger partial charge >= 0.3 is 24.1 Å². The predicted molar refractivity (Wildman–Crippen MR) is 119 cm³/mol. The number of hydrogen-bond acceptors (Lipinski definition) is 7. The maximum Gasteiger partial charge on any atom is 0.490 e. The number of benzene rings is 1. The van der Waals surface area contributed by atoms with E-state index in [0.717, 1.165) is 4.90 Å². The van der Waals surface area contributed by atoms with Gasteiger partial charge in [-0.25, -0.2) is 9.59 Å². The van der Waals surface area contributed by atoms with Crippen molar-refractivity contribution in [3.05, 3.63) is 30.3 Å². The molecular weight excluding hydrogens is 489 g/mol. The summed E-state index contributed by atoms with van der Waals surface area (Å²) in [5.41, 5.74) is -0.649. The van der Waals surface area contributed by atoms with Crippen LogP contribution in [0.15, 0.2) is 30.3 Å². The zero-order valence-corrected chi connectivity index (χ0v) is 20.0. The van der Waals surface area contributed by atoms with Gasteiger partial charge in [-0.1, -0.05) is 25.1 Å². The van der Waals surface area contributed by atoms with Crippen molar-refractivity contribution >= 4 is 35.5 Å². The number of anilines is 1. The Bertz CT molecular complexity index is 1020. The molecule has 0 spiro atoms. The SMILES string of the molecule is CC[C@@]1(C(=O)OC)N[C@H](CN(C)C(=O)Nc2ccccc2)[C@@H]2C(=O)N(C)C(=O)[C@@H]21.O=C(O)C(F)(F)F. The van der Waals surface area contributed by atoms with E-state index in [-0.39, 0.29) is 24.9 Å². The number of esters is 1. The number of carbonyl (C=O) groups is 5. The van der Waals surface area contributed by atoms with Crippen LogP contribution in [-0.2, 0) is 23.9 Å². The molecule has 0 radical (unpaired) electrons. The standard InChI is InChI=1S/C20H26N4O5.C2HF3O2/c1-5-20(18(27)29-4)15-14(16(25)24(3)17(15)26)13(22-20)11-23(2)19(28)21-12-9-7-6-8-10-12;3-2(4,5)1(6)7/h6-10,13-15,22H,5,11H2,1-4H3,(H,21,28);(H,6,7)/t13-,14+,15-,20-;/m1./s1. The molecule has 198 valence electrons. The summed E-state index contributed by atoms with van der Waals surface area (Å²) in [5, 5.41) is 13.1. The topological polar surface area (TPSA) is 145 Å². The van der Waals surface area contributed by atoms with Crippen LogP contribution in [-0.4, -0.2) is 90.2 Å². The number of rotatable bonds is 5. The molecule has 4 amide bonds. The van der Waals surface area contributed by atoms with Crippen LogP contribution in [0.1, 0.15) is 13.3 Å². The highest BCUT2D eigenvalue weighted by Crippen LogP contribution is 2.44. The lowest BCUT2D eigenvalue weighted by molar-refractivity contribution is -0.192. The molecule has 4 atom stereocenters. The predicted octanol–water partition coefficient (Wildman–Crippen LogP) is 1.31. The summed E-state index contributed by atoms with van der Waals surface area (Å²) < 4.78 is 36.7. The Morgan fingerprint density at radius 2 is 1.75 bits per heavy atom. The maximum atomic E-state index is 12.8. The van der Waals surface area contributed by atoms with Crippen molar-refractivity contribution < 1.29 is 47.0 Å². The molecule has 11 nitrogen and oxygen atoms in total. The quantitative estimate of drug-likeness (QED) is 0.392. The Hall–Kier alpha value is -3.68. The third-order valence-electron chi connectivity index (χ3n) is 6.17. The smallest absolute Gasteiger partial charge is 0.475 e. The normalized spacial score (nSPS) is 25.0. The van der Waals surface area contributed by atoms with Crippen LogP contribution in [0.25, 0.3) is 0 Å². The Balaban J connectivity index is 0.000000572. The first-order chi connectivity index (χ1) is 16.7. The van der Waals surface area contributed by atoms with Gasteiger partial charge in [-0.3, -0.25) is 24.6 Å². The summed E-state index contributed by atoms with van der Waals surface area (Å²) in [6.45, 7) is 1.91. The number of likely N-dealkylation sites (N-methyl/N-ethyl adjacent to an activating group) is 1. The number of imide groups is 1. The number of methoxy groups -OCH3 is 1. The van der Waals surface area contributed by atoms with Gasteiger partial charge in [-0.05, 0) is 18.6 Å². The number of carbonyl (C=O) groups excluding carboxylic acids is 4. The molecule has 0 bridgehead atoms. The van der Waals surface area contributed by atoms with E-state index in [1.807, 2.05) is 18.2 Å². The summed E-state index contributed by atoms with van der Waals surface area (Å²) in [4.78, 5) is 62.1. The largest absolute Gasteiger partial charge is 0.490 e. The van der Waals surface area contributed by atoms with E-state index in [0.29, 0.717) is 5.69 Å². The summed E-state index contributed by atoms with van der Waals surface area (Å²) in [6, 6.07) is 8.08. The second-order valence-corrected chi connectivity index (χ2v) is 8.29. The molecular formula is C22H27F3N4O7. The van der Waals surface area contributed by atoms with Crippen molar-refractivity contribution in [2.24, 2.45) is 11.8 Å². The fraction of sp³-hybridized carbons (Fsp3) is 0.500. The number of alkyl halides is 3. The highest BCUT2D eigenvalue weighted by atomic mass is 19.4. The number of nitrogens with one attached hydrogen (secondary N) is 2. The maximum absolute atomic E-state index is 12.8. The van der Waals surface area contributed by atoms with Crippen LogP contribution < -0.4 is 10.6 Å². The van der Waals surface area contributed by atoms with Crippen molar-refractivity contribution in [3.8, 4) is 0 Å². The van der Waals surface area contributed by atoms with Crippen molar-refractivity contribution in [3.63, 3.8) is 0 Å². The Labute approximate surface area is 204 Å². The number of para-hydroxylation sites is 1.